The lowest BCUT2D eigenvalue weighted by atomic mass is 10.0. The van der Waals surface area contributed by atoms with Gasteiger partial charge in [0.25, 0.3) is 0 Å². The zero-order valence-corrected chi connectivity index (χ0v) is 5.72. The van der Waals surface area contributed by atoms with Crippen molar-refractivity contribution in [3.05, 3.63) is 0 Å². The fourth-order valence-electron chi connectivity index (χ4n) is 0.731. The molecule has 8 heavy (non-hydrogen) atoms. The molecule has 0 aliphatic heterocycles. The summed E-state index contributed by atoms with van der Waals surface area (Å²) in [5.74, 6) is 0.579. The van der Waals surface area contributed by atoms with Crippen LogP contribution in [0.5, 0.6) is 0 Å². The van der Waals surface area contributed by atoms with Crippen LogP contribution in [0.2, 0.25) is 0 Å². The van der Waals surface area contributed by atoms with Gasteiger partial charge in [-0.15, -0.1) is 0 Å². The Labute approximate surface area is 51.2 Å². The first-order valence-electron chi connectivity index (χ1n) is 3.12. The van der Waals surface area contributed by atoms with Gasteiger partial charge in [-0.25, -0.2) is 0 Å². The topological polar surface area (TPSA) is 52.0 Å². The van der Waals surface area contributed by atoms with E-state index in [0.29, 0.717) is 12.0 Å². The molecule has 0 saturated carbocycles. The molecule has 0 aromatic heterocycles. The van der Waals surface area contributed by atoms with E-state index in [1.807, 2.05) is 6.92 Å². The first kappa shape index (κ1) is 7.92. The maximum Gasteiger partial charge on any atom is 0.00134 e. The highest BCUT2D eigenvalue weighted by atomic mass is 14.6. The smallest absolute Gasteiger partial charge is 0.00134 e. The predicted octanol–water partition coefficient (Wildman–Crippen LogP) is 0.319. The first-order valence-corrected chi connectivity index (χ1v) is 3.12. The van der Waals surface area contributed by atoms with Gasteiger partial charge in [0, 0.05) is 6.04 Å². The van der Waals surface area contributed by atoms with Crippen molar-refractivity contribution in [1.82, 2.24) is 0 Å². The molecule has 2 heteroatoms. The van der Waals surface area contributed by atoms with Gasteiger partial charge < -0.3 is 11.5 Å². The lowest BCUT2D eigenvalue weighted by Crippen LogP contribution is -2.22. The predicted molar refractivity (Wildman–Crippen MR) is 36.5 cm³/mol. The van der Waals surface area contributed by atoms with Crippen molar-refractivity contribution in [1.29, 1.82) is 0 Å². The minimum Gasteiger partial charge on any atom is -0.330 e. The maximum atomic E-state index is 5.51. The van der Waals surface area contributed by atoms with Gasteiger partial charge >= 0.3 is 0 Å². The molecule has 0 aromatic carbocycles. The molecule has 0 bridgehead atoms. The highest BCUT2D eigenvalue weighted by Gasteiger charge is 2.00. The molecule has 0 amide bonds. The average Bonchev–Trinajstić information content (AvgIpc) is 1.65. The van der Waals surface area contributed by atoms with Crippen molar-refractivity contribution in [2.45, 2.75) is 26.3 Å². The second kappa shape index (κ2) is 3.87. The van der Waals surface area contributed by atoms with Gasteiger partial charge in [-0.3, -0.25) is 0 Å². The molecule has 0 rings (SSSR count). The Bertz CT molecular complexity index is 52.5. The summed E-state index contributed by atoms with van der Waals surface area (Å²) in [6, 6.07) is 0.300. The summed E-state index contributed by atoms with van der Waals surface area (Å²) in [6.45, 7) is 4.87. The van der Waals surface area contributed by atoms with E-state index >= 15 is 0 Å². The third-order valence-corrected chi connectivity index (χ3v) is 1.18. The average molecular weight is 116 g/mol. The first-order chi connectivity index (χ1) is 3.66. The summed E-state index contributed by atoms with van der Waals surface area (Å²) in [7, 11) is 0. The third-order valence-electron chi connectivity index (χ3n) is 1.18. The van der Waals surface area contributed by atoms with Crippen molar-refractivity contribution in [2.75, 3.05) is 6.54 Å². The highest BCUT2D eigenvalue weighted by molar-refractivity contribution is 4.59. The Hall–Kier alpha value is -0.0800. The van der Waals surface area contributed by atoms with Gasteiger partial charge in [0.1, 0.15) is 0 Å². The van der Waals surface area contributed by atoms with Crippen LogP contribution in [-0.4, -0.2) is 12.6 Å². The van der Waals surface area contributed by atoms with Crippen LogP contribution < -0.4 is 11.5 Å². The van der Waals surface area contributed by atoms with Crippen LogP contribution in [0.4, 0.5) is 0 Å². The summed E-state index contributed by atoms with van der Waals surface area (Å²) >= 11 is 0. The van der Waals surface area contributed by atoms with E-state index in [1.54, 1.807) is 0 Å². The minimum atomic E-state index is 0.300. The van der Waals surface area contributed by atoms with Gasteiger partial charge in [-0.05, 0) is 25.8 Å². The molecule has 2 nitrogen and oxygen atoms in total. The van der Waals surface area contributed by atoms with E-state index < -0.39 is 0 Å². The highest BCUT2D eigenvalue weighted by Crippen LogP contribution is 2.00. The van der Waals surface area contributed by atoms with E-state index in [1.165, 1.54) is 0 Å². The van der Waals surface area contributed by atoms with Gasteiger partial charge in [0.15, 0.2) is 0 Å². The molecule has 2 unspecified atom stereocenters. The molecule has 0 fully saturated rings. The van der Waals surface area contributed by atoms with Crippen LogP contribution in [0.1, 0.15) is 20.3 Å². The fourth-order valence-corrected chi connectivity index (χ4v) is 0.731. The number of nitrogens with two attached hydrogens (primary N) is 2. The van der Waals surface area contributed by atoms with Gasteiger partial charge in [0.2, 0.25) is 0 Å². The molecule has 2 atom stereocenters. The van der Waals surface area contributed by atoms with E-state index in [2.05, 4.69) is 6.92 Å². The van der Waals surface area contributed by atoms with Crippen LogP contribution in [-0.2, 0) is 0 Å². The standard InChI is InChI=1S/C6H16N2/c1-5(4-7)3-6(2)8/h5-6H,3-4,7-8H2,1-2H3. The van der Waals surface area contributed by atoms with Gasteiger partial charge in [0.05, 0.1) is 0 Å². The second-order valence-corrected chi connectivity index (χ2v) is 2.55. The summed E-state index contributed by atoms with van der Waals surface area (Å²) in [4.78, 5) is 0. The summed E-state index contributed by atoms with van der Waals surface area (Å²) < 4.78 is 0. The Morgan fingerprint density at radius 3 is 2.00 bits per heavy atom. The number of rotatable bonds is 3. The molecule has 0 heterocycles. The Morgan fingerprint density at radius 1 is 1.38 bits per heavy atom. The molecule has 0 aliphatic rings. The summed E-state index contributed by atoms with van der Waals surface area (Å²) in [5, 5.41) is 0. The van der Waals surface area contributed by atoms with E-state index in [9.17, 15) is 0 Å². The van der Waals surface area contributed by atoms with Crippen LogP contribution in [0.25, 0.3) is 0 Å². The zero-order valence-electron chi connectivity index (χ0n) is 5.72. The quantitative estimate of drug-likeness (QED) is 0.558. The van der Waals surface area contributed by atoms with Gasteiger partial charge in [-0.1, -0.05) is 6.92 Å². The second-order valence-electron chi connectivity index (χ2n) is 2.55. The van der Waals surface area contributed by atoms with Crippen LogP contribution in [0.3, 0.4) is 0 Å². The molecule has 0 aromatic rings. The monoisotopic (exact) mass is 116 g/mol. The Kier molecular flexibility index (Phi) is 3.83. The van der Waals surface area contributed by atoms with Crippen molar-refractivity contribution in [2.24, 2.45) is 17.4 Å². The minimum absolute atomic E-state index is 0.300. The van der Waals surface area contributed by atoms with E-state index in [-0.39, 0.29) is 0 Å². The molecule has 50 valence electrons. The molecule has 0 spiro atoms. The fraction of sp³-hybridized carbons (Fsp3) is 1.00. The molecule has 4 N–H and O–H groups in total. The van der Waals surface area contributed by atoms with Crippen LogP contribution >= 0.6 is 0 Å². The van der Waals surface area contributed by atoms with Crippen LogP contribution in [0.15, 0.2) is 0 Å². The largest absolute Gasteiger partial charge is 0.330 e. The molecular weight excluding hydrogens is 100 g/mol. The third kappa shape index (κ3) is 4.09. The number of hydrogen-bond acceptors (Lipinski definition) is 2. The van der Waals surface area contributed by atoms with Crippen molar-refractivity contribution >= 4 is 0 Å². The normalized spacial score (nSPS) is 18.0. The lowest BCUT2D eigenvalue weighted by Gasteiger charge is -2.09. The molecule has 0 aliphatic carbocycles. The van der Waals surface area contributed by atoms with Crippen molar-refractivity contribution < 1.29 is 0 Å². The molecule has 0 saturated heterocycles. The lowest BCUT2D eigenvalue weighted by molar-refractivity contribution is 0.491. The molecular formula is C6H16N2. The van der Waals surface area contributed by atoms with E-state index in [0.717, 1.165) is 13.0 Å². The van der Waals surface area contributed by atoms with Crippen LogP contribution in [0, 0.1) is 5.92 Å². The Balaban J connectivity index is 3.10. The van der Waals surface area contributed by atoms with Crippen molar-refractivity contribution in [3.8, 4) is 0 Å². The summed E-state index contributed by atoms with van der Waals surface area (Å²) in [6.07, 6.45) is 1.04. The molecule has 0 radical (unpaired) electrons. The van der Waals surface area contributed by atoms with E-state index in [4.69, 9.17) is 11.5 Å². The van der Waals surface area contributed by atoms with Gasteiger partial charge in [-0.2, -0.15) is 0 Å². The SMILES string of the molecule is CC(N)CC(C)CN. The maximum absolute atomic E-state index is 5.51. The Morgan fingerprint density at radius 2 is 1.88 bits per heavy atom. The number of hydrogen-bond donors (Lipinski definition) is 2. The zero-order chi connectivity index (χ0) is 6.57. The summed E-state index contributed by atoms with van der Waals surface area (Å²) in [5.41, 5.74) is 10.9. The van der Waals surface area contributed by atoms with Crippen molar-refractivity contribution in [3.63, 3.8) is 0 Å².